The van der Waals surface area contributed by atoms with Crippen molar-refractivity contribution in [2.75, 3.05) is 0 Å². The molecular weight excluding hydrogens is 350 g/mol. The molecule has 0 amide bonds. The lowest BCUT2D eigenvalue weighted by atomic mass is 10.2. The van der Waals surface area contributed by atoms with Crippen LogP contribution in [0.4, 0.5) is 8.78 Å². The SMILES string of the molecule is O=C(Cl)c1ncc(Cl)c(I)c1C(F)F. The molecule has 0 aromatic carbocycles. The normalized spacial score (nSPS) is 10.7. The quantitative estimate of drug-likeness (QED) is 0.601. The summed E-state index contributed by atoms with van der Waals surface area (Å²) in [5.41, 5.74) is -0.964. The number of aromatic nitrogens is 1. The molecule has 1 aromatic heterocycles. The molecule has 0 N–H and O–H groups in total. The zero-order valence-electron chi connectivity index (χ0n) is 6.40. The van der Waals surface area contributed by atoms with Gasteiger partial charge in [0, 0.05) is 9.77 Å². The highest BCUT2D eigenvalue weighted by atomic mass is 127. The van der Waals surface area contributed by atoms with Crippen LogP contribution in [-0.2, 0) is 0 Å². The molecule has 1 rings (SSSR count). The zero-order valence-corrected chi connectivity index (χ0v) is 10.1. The second kappa shape index (κ2) is 4.67. The van der Waals surface area contributed by atoms with E-state index < -0.39 is 22.9 Å². The van der Waals surface area contributed by atoms with Gasteiger partial charge in [0.05, 0.1) is 10.6 Å². The number of halogens is 5. The van der Waals surface area contributed by atoms with Crippen molar-refractivity contribution in [1.82, 2.24) is 4.98 Å². The topological polar surface area (TPSA) is 30.0 Å². The van der Waals surface area contributed by atoms with Crippen LogP contribution in [0.5, 0.6) is 0 Å². The lowest BCUT2D eigenvalue weighted by Gasteiger charge is -2.07. The molecule has 0 radical (unpaired) electrons. The van der Waals surface area contributed by atoms with Crippen molar-refractivity contribution in [2.45, 2.75) is 6.43 Å². The van der Waals surface area contributed by atoms with Crippen molar-refractivity contribution in [1.29, 1.82) is 0 Å². The van der Waals surface area contributed by atoms with E-state index in [9.17, 15) is 13.6 Å². The first-order valence-corrected chi connectivity index (χ1v) is 5.10. The molecule has 0 saturated heterocycles. The van der Waals surface area contributed by atoms with Crippen LogP contribution >= 0.6 is 45.8 Å². The Bertz CT molecular complexity index is 386. The van der Waals surface area contributed by atoms with Crippen LogP contribution in [0.25, 0.3) is 0 Å². The monoisotopic (exact) mass is 351 g/mol. The minimum atomic E-state index is -2.83. The average molecular weight is 352 g/mol. The number of carbonyl (C=O) groups excluding carboxylic acids is 1. The Kier molecular flexibility index (Phi) is 4.03. The third kappa shape index (κ3) is 2.32. The van der Waals surface area contributed by atoms with E-state index in [1.165, 1.54) is 0 Å². The molecule has 0 aliphatic rings. The van der Waals surface area contributed by atoms with Crippen LogP contribution in [0, 0.1) is 3.57 Å². The van der Waals surface area contributed by atoms with Crippen LogP contribution in [0.2, 0.25) is 5.02 Å². The van der Waals surface area contributed by atoms with Gasteiger partial charge in [-0.2, -0.15) is 0 Å². The van der Waals surface area contributed by atoms with E-state index in [0.717, 1.165) is 6.20 Å². The summed E-state index contributed by atoms with van der Waals surface area (Å²) in [4.78, 5) is 14.2. The summed E-state index contributed by atoms with van der Waals surface area (Å²) in [6.45, 7) is 0. The second-order valence-corrected chi connectivity index (χ2v) is 4.09. The molecule has 0 saturated carbocycles. The Morgan fingerprint density at radius 2 is 2.14 bits per heavy atom. The molecule has 14 heavy (non-hydrogen) atoms. The van der Waals surface area contributed by atoms with Crippen LogP contribution in [0.3, 0.4) is 0 Å². The molecule has 7 heteroatoms. The van der Waals surface area contributed by atoms with Crippen LogP contribution < -0.4 is 0 Å². The summed E-state index contributed by atoms with van der Waals surface area (Å²) < 4.78 is 25.1. The van der Waals surface area contributed by atoms with E-state index in [1.807, 2.05) is 0 Å². The fraction of sp³-hybridized carbons (Fsp3) is 0.143. The molecule has 0 aliphatic heterocycles. The van der Waals surface area contributed by atoms with Crippen LogP contribution in [0.1, 0.15) is 22.5 Å². The summed E-state index contributed by atoms with van der Waals surface area (Å²) in [5.74, 6) is 0. The van der Waals surface area contributed by atoms with Crippen molar-refractivity contribution in [3.63, 3.8) is 0 Å². The van der Waals surface area contributed by atoms with Crippen LogP contribution in [0.15, 0.2) is 6.20 Å². The highest BCUT2D eigenvalue weighted by Gasteiger charge is 2.23. The summed E-state index contributed by atoms with van der Waals surface area (Å²) >= 11 is 12.3. The number of alkyl halides is 2. The molecule has 0 unspecified atom stereocenters. The number of pyridine rings is 1. The average Bonchev–Trinajstić information content (AvgIpc) is 2.08. The minimum absolute atomic E-state index is 0.0718. The summed E-state index contributed by atoms with van der Waals surface area (Å²) in [5, 5.41) is -0.947. The van der Waals surface area contributed by atoms with E-state index in [0.29, 0.717) is 0 Å². The fourth-order valence-electron chi connectivity index (χ4n) is 0.836. The molecule has 2 nitrogen and oxygen atoms in total. The molecule has 1 heterocycles. The number of hydrogen-bond donors (Lipinski definition) is 0. The maximum atomic E-state index is 12.5. The van der Waals surface area contributed by atoms with E-state index in [4.69, 9.17) is 23.2 Å². The maximum Gasteiger partial charge on any atom is 0.271 e. The van der Waals surface area contributed by atoms with Gasteiger partial charge in [0.2, 0.25) is 0 Å². The van der Waals surface area contributed by atoms with Crippen molar-refractivity contribution < 1.29 is 13.6 Å². The fourth-order valence-corrected chi connectivity index (χ4v) is 1.77. The van der Waals surface area contributed by atoms with Crippen molar-refractivity contribution >= 4 is 51.0 Å². The molecule has 0 atom stereocenters. The largest absolute Gasteiger partial charge is 0.274 e. The first-order valence-electron chi connectivity index (χ1n) is 3.27. The Morgan fingerprint density at radius 1 is 1.57 bits per heavy atom. The van der Waals surface area contributed by atoms with Gasteiger partial charge in [0.15, 0.2) is 0 Å². The summed E-state index contributed by atoms with van der Waals surface area (Å²) in [6.07, 6.45) is -1.71. The van der Waals surface area contributed by atoms with Gasteiger partial charge in [0.1, 0.15) is 5.69 Å². The lowest BCUT2D eigenvalue weighted by molar-refractivity contribution is 0.106. The molecule has 0 bridgehead atoms. The molecule has 0 fully saturated rings. The highest BCUT2D eigenvalue weighted by Crippen LogP contribution is 2.31. The third-order valence-electron chi connectivity index (χ3n) is 1.41. The maximum absolute atomic E-state index is 12.5. The minimum Gasteiger partial charge on any atom is -0.274 e. The van der Waals surface area contributed by atoms with E-state index in [1.54, 1.807) is 22.6 Å². The van der Waals surface area contributed by atoms with Crippen molar-refractivity contribution in [3.05, 3.63) is 26.0 Å². The molecule has 1 aromatic rings. The van der Waals surface area contributed by atoms with Gasteiger partial charge in [-0.25, -0.2) is 13.8 Å². The predicted octanol–water partition coefficient (Wildman–Crippen LogP) is 3.66. The number of nitrogens with zero attached hydrogens (tertiary/aromatic N) is 1. The van der Waals surface area contributed by atoms with Crippen molar-refractivity contribution in [2.24, 2.45) is 0 Å². The highest BCUT2D eigenvalue weighted by molar-refractivity contribution is 14.1. The van der Waals surface area contributed by atoms with E-state index in [-0.39, 0.29) is 8.59 Å². The third-order valence-corrected chi connectivity index (χ3v) is 3.36. The molecule has 0 spiro atoms. The van der Waals surface area contributed by atoms with E-state index in [2.05, 4.69) is 4.98 Å². The predicted molar refractivity (Wildman–Crippen MR) is 57.1 cm³/mol. The van der Waals surface area contributed by atoms with E-state index >= 15 is 0 Å². The number of hydrogen-bond acceptors (Lipinski definition) is 2. The summed E-state index contributed by atoms with van der Waals surface area (Å²) in [7, 11) is 0. The Morgan fingerprint density at radius 3 is 2.57 bits per heavy atom. The number of carbonyl (C=O) groups is 1. The zero-order chi connectivity index (χ0) is 10.9. The van der Waals surface area contributed by atoms with Gasteiger partial charge in [0.25, 0.3) is 11.7 Å². The van der Waals surface area contributed by atoms with Gasteiger partial charge in [-0.3, -0.25) is 4.79 Å². The molecule has 0 aliphatic carbocycles. The van der Waals surface area contributed by atoms with Gasteiger partial charge in [-0.15, -0.1) is 0 Å². The standard InChI is InChI=1S/C7H2Cl2F2INO/c8-2-1-13-5(6(9)14)3(4(2)12)7(10)11/h1,7H. The van der Waals surface area contributed by atoms with Gasteiger partial charge < -0.3 is 0 Å². The Labute approximate surface area is 102 Å². The smallest absolute Gasteiger partial charge is 0.271 e. The lowest BCUT2D eigenvalue weighted by Crippen LogP contribution is -2.04. The second-order valence-electron chi connectivity index (χ2n) is 2.26. The van der Waals surface area contributed by atoms with Gasteiger partial charge >= 0.3 is 0 Å². The first-order chi connectivity index (χ1) is 6.45. The summed E-state index contributed by atoms with van der Waals surface area (Å²) in [6, 6.07) is 0. The van der Waals surface area contributed by atoms with Gasteiger partial charge in [-0.05, 0) is 34.2 Å². The Hall–Kier alpha value is -0.0100. The van der Waals surface area contributed by atoms with Gasteiger partial charge in [-0.1, -0.05) is 11.6 Å². The Balaban J connectivity index is 3.45. The van der Waals surface area contributed by atoms with Crippen LogP contribution in [-0.4, -0.2) is 10.2 Å². The number of rotatable bonds is 2. The molecular formula is C7H2Cl2F2INO. The first kappa shape index (κ1) is 12.1. The molecule has 76 valence electrons. The van der Waals surface area contributed by atoms with Crippen molar-refractivity contribution in [3.8, 4) is 0 Å².